The monoisotopic (exact) mass is 250 g/mol. The van der Waals surface area contributed by atoms with Gasteiger partial charge in [-0.2, -0.15) is 0 Å². The Bertz CT molecular complexity index is 455. The number of nitrogens with zero attached hydrogens (tertiary/aromatic N) is 1. The molecule has 0 saturated heterocycles. The van der Waals surface area contributed by atoms with Crippen LogP contribution >= 0.6 is 0 Å². The smallest absolute Gasteiger partial charge is 0.257 e. The van der Waals surface area contributed by atoms with Crippen LogP contribution in [0.4, 0.5) is 10.1 Å². The molecule has 0 radical (unpaired) electrons. The minimum Gasteiger partial charge on any atom is -0.399 e. The molecule has 18 heavy (non-hydrogen) atoms. The summed E-state index contributed by atoms with van der Waals surface area (Å²) in [5.74, 6) is -0.363. The van der Waals surface area contributed by atoms with Crippen LogP contribution in [0.2, 0.25) is 0 Å². The van der Waals surface area contributed by atoms with E-state index in [9.17, 15) is 9.18 Å². The lowest BCUT2D eigenvalue weighted by molar-refractivity contribution is 0.0718. The predicted molar refractivity (Wildman–Crippen MR) is 69.7 cm³/mol. The molecule has 0 aromatic heterocycles. The molecule has 0 atom stereocenters. The van der Waals surface area contributed by atoms with Crippen LogP contribution in [0.5, 0.6) is 0 Å². The van der Waals surface area contributed by atoms with Gasteiger partial charge in [-0.3, -0.25) is 4.79 Å². The second-order valence-electron chi connectivity index (χ2n) is 5.32. The summed E-state index contributed by atoms with van der Waals surface area (Å²) < 4.78 is 13.7. The number of carbonyl (C=O) groups is 1. The zero-order valence-corrected chi connectivity index (χ0v) is 10.8. The number of hydrogen-bond donors (Lipinski definition) is 1. The van der Waals surface area contributed by atoms with Crippen molar-refractivity contribution in [3.63, 3.8) is 0 Å². The van der Waals surface area contributed by atoms with Crippen LogP contribution in [0.3, 0.4) is 0 Å². The Balaban J connectivity index is 2.24. The van der Waals surface area contributed by atoms with E-state index in [0.29, 0.717) is 18.2 Å². The zero-order chi connectivity index (χ0) is 13.3. The summed E-state index contributed by atoms with van der Waals surface area (Å²) in [7, 11) is 0. The molecule has 0 unspecified atom stereocenters. The Labute approximate surface area is 107 Å². The first kappa shape index (κ1) is 12.9. The van der Waals surface area contributed by atoms with Gasteiger partial charge in [0.2, 0.25) is 0 Å². The lowest BCUT2D eigenvalue weighted by Crippen LogP contribution is -2.36. The Kier molecular flexibility index (Phi) is 3.55. The molecule has 1 aromatic carbocycles. The molecular weight excluding hydrogens is 231 g/mol. The van der Waals surface area contributed by atoms with Crippen molar-refractivity contribution in [2.45, 2.75) is 32.7 Å². The molecule has 0 aliphatic heterocycles. The highest BCUT2D eigenvalue weighted by Gasteiger charge is 2.34. The van der Waals surface area contributed by atoms with E-state index in [1.807, 2.05) is 0 Å². The van der Waals surface area contributed by atoms with Gasteiger partial charge in [-0.15, -0.1) is 0 Å². The van der Waals surface area contributed by atoms with Gasteiger partial charge in [0.1, 0.15) is 5.82 Å². The maximum absolute atomic E-state index is 13.7. The summed E-state index contributed by atoms with van der Waals surface area (Å²) in [6, 6.07) is 4.42. The van der Waals surface area contributed by atoms with E-state index >= 15 is 0 Å². The van der Waals surface area contributed by atoms with E-state index in [1.165, 1.54) is 18.2 Å². The van der Waals surface area contributed by atoms with Crippen LogP contribution in [-0.2, 0) is 0 Å². The molecule has 0 heterocycles. The number of carbonyl (C=O) groups excluding carboxylic acids is 1. The average molecular weight is 250 g/mol. The standard InChI is InChI=1S/C14H19FN2O/c1-9(2)8-17(11-4-5-11)14(18)12-7-10(16)3-6-13(12)15/h3,6-7,9,11H,4-5,8,16H2,1-2H3. The van der Waals surface area contributed by atoms with Crippen molar-refractivity contribution in [2.24, 2.45) is 5.92 Å². The highest BCUT2D eigenvalue weighted by atomic mass is 19.1. The highest BCUT2D eigenvalue weighted by molar-refractivity contribution is 5.95. The number of nitrogens with two attached hydrogens (primary N) is 1. The van der Waals surface area contributed by atoms with Gasteiger partial charge in [-0.25, -0.2) is 4.39 Å². The van der Waals surface area contributed by atoms with Crippen LogP contribution in [-0.4, -0.2) is 23.4 Å². The first-order valence-corrected chi connectivity index (χ1v) is 6.35. The normalized spacial score (nSPS) is 14.9. The fourth-order valence-electron chi connectivity index (χ4n) is 2.04. The number of rotatable bonds is 4. The van der Waals surface area contributed by atoms with Crippen LogP contribution in [0.1, 0.15) is 37.0 Å². The molecule has 1 aliphatic rings. The fourth-order valence-corrected chi connectivity index (χ4v) is 2.04. The van der Waals surface area contributed by atoms with E-state index in [0.717, 1.165) is 12.8 Å². The van der Waals surface area contributed by atoms with Crippen molar-refractivity contribution >= 4 is 11.6 Å². The molecule has 2 rings (SSSR count). The second kappa shape index (κ2) is 4.96. The largest absolute Gasteiger partial charge is 0.399 e. The second-order valence-corrected chi connectivity index (χ2v) is 5.32. The Morgan fingerprint density at radius 1 is 1.50 bits per heavy atom. The van der Waals surface area contributed by atoms with E-state index in [-0.39, 0.29) is 17.5 Å². The lowest BCUT2D eigenvalue weighted by Gasteiger charge is -2.24. The van der Waals surface area contributed by atoms with E-state index < -0.39 is 5.82 Å². The van der Waals surface area contributed by atoms with Gasteiger partial charge in [0.25, 0.3) is 5.91 Å². The zero-order valence-electron chi connectivity index (χ0n) is 10.8. The number of benzene rings is 1. The van der Waals surface area contributed by atoms with Gasteiger partial charge < -0.3 is 10.6 Å². The third-order valence-corrected chi connectivity index (χ3v) is 3.03. The van der Waals surface area contributed by atoms with Crippen LogP contribution in [0.15, 0.2) is 18.2 Å². The lowest BCUT2D eigenvalue weighted by atomic mass is 10.1. The summed E-state index contributed by atoms with van der Waals surface area (Å²) in [5.41, 5.74) is 6.12. The van der Waals surface area contributed by atoms with Crippen molar-refractivity contribution in [1.29, 1.82) is 0 Å². The number of hydrogen-bond acceptors (Lipinski definition) is 2. The third kappa shape index (κ3) is 2.81. The molecule has 1 aliphatic carbocycles. The number of anilines is 1. The number of halogens is 1. The molecule has 1 amide bonds. The van der Waals surface area contributed by atoms with Crippen molar-refractivity contribution in [3.05, 3.63) is 29.6 Å². The van der Waals surface area contributed by atoms with Gasteiger partial charge in [-0.1, -0.05) is 13.8 Å². The molecule has 1 saturated carbocycles. The first-order chi connectivity index (χ1) is 8.49. The van der Waals surface area contributed by atoms with E-state index in [1.54, 1.807) is 4.90 Å². The quantitative estimate of drug-likeness (QED) is 0.835. The molecule has 2 N–H and O–H groups in total. The van der Waals surface area contributed by atoms with Crippen molar-refractivity contribution < 1.29 is 9.18 Å². The summed E-state index contributed by atoms with van der Waals surface area (Å²) in [5, 5.41) is 0. The summed E-state index contributed by atoms with van der Waals surface area (Å²) >= 11 is 0. The molecule has 4 heteroatoms. The van der Waals surface area contributed by atoms with Gasteiger partial charge in [-0.05, 0) is 37.0 Å². The van der Waals surface area contributed by atoms with Crippen molar-refractivity contribution in [2.75, 3.05) is 12.3 Å². The van der Waals surface area contributed by atoms with E-state index in [4.69, 9.17) is 5.73 Å². The molecular formula is C14H19FN2O. The Hall–Kier alpha value is -1.58. The van der Waals surface area contributed by atoms with Crippen LogP contribution in [0.25, 0.3) is 0 Å². The van der Waals surface area contributed by atoms with Crippen molar-refractivity contribution in [3.8, 4) is 0 Å². The number of amides is 1. The molecule has 0 spiro atoms. The third-order valence-electron chi connectivity index (χ3n) is 3.03. The molecule has 1 aromatic rings. The average Bonchev–Trinajstić information content (AvgIpc) is 3.12. The summed E-state index contributed by atoms with van der Waals surface area (Å²) in [6.45, 7) is 4.77. The maximum atomic E-state index is 13.7. The number of nitrogen functional groups attached to an aromatic ring is 1. The van der Waals surface area contributed by atoms with Gasteiger partial charge in [0.15, 0.2) is 0 Å². The van der Waals surface area contributed by atoms with Gasteiger partial charge in [0.05, 0.1) is 5.56 Å². The maximum Gasteiger partial charge on any atom is 0.257 e. The van der Waals surface area contributed by atoms with Gasteiger partial charge >= 0.3 is 0 Å². The molecule has 98 valence electrons. The summed E-state index contributed by atoms with van der Waals surface area (Å²) in [6.07, 6.45) is 2.03. The fraction of sp³-hybridized carbons (Fsp3) is 0.500. The van der Waals surface area contributed by atoms with E-state index in [2.05, 4.69) is 13.8 Å². The topological polar surface area (TPSA) is 46.3 Å². The highest BCUT2D eigenvalue weighted by Crippen LogP contribution is 2.29. The summed E-state index contributed by atoms with van der Waals surface area (Å²) in [4.78, 5) is 14.1. The Morgan fingerprint density at radius 3 is 2.72 bits per heavy atom. The molecule has 0 bridgehead atoms. The van der Waals surface area contributed by atoms with Crippen LogP contribution in [0, 0.1) is 11.7 Å². The SMILES string of the molecule is CC(C)CN(C(=O)c1cc(N)ccc1F)C1CC1. The van der Waals surface area contributed by atoms with Crippen LogP contribution < -0.4 is 5.73 Å². The van der Waals surface area contributed by atoms with Crippen molar-refractivity contribution in [1.82, 2.24) is 4.90 Å². The first-order valence-electron chi connectivity index (χ1n) is 6.35. The molecule has 1 fully saturated rings. The Morgan fingerprint density at radius 2 is 2.17 bits per heavy atom. The molecule has 3 nitrogen and oxygen atoms in total. The minimum atomic E-state index is -0.497. The van der Waals surface area contributed by atoms with Gasteiger partial charge in [0, 0.05) is 18.3 Å². The minimum absolute atomic E-state index is 0.0857. The predicted octanol–water partition coefficient (Wildman–Crippen LogP) is 2.67.